The number of hydrogen-bond donors (Lipinski definition) is 0. The van der Waals surface area contributed by atoms with Crippen molar-refractivity contribution >= 4 is 69.2 Å². The van der Waals surface area contributed by atoms with Gasteiger partial charge in [-0.15, -0.1) is 0 Å². The second-order valence-corrected chi connectivity index (χ2v) is 12.5. The Hall–Kier alpha value is -3.12. The Morgan fingerprint density at radius 3 is 2.58 bits per heavy atom. The van der Waals surface area contributed by atoms with Crippen molar-refractivity contribution < 1.29 is 19.0 Å². The predicted octanol–water partition coefficient (Wildman–Crippen LogP) is 6.69. The Morgan fingerprint density at radius 2 is 1.86 bits per heavy atom. The maximum absolute atomic E-state index is 14.0. The maximum atomic E-state index is 14.0. The fourth-order valence-corrected chi connectivity index (χ4v) is 7.07. The highest BCUT2D eigenvalue weighted by atomic mass is 127. The molecule has 222 valence electrons. The number of rotatable bonds is 9. The van der Waals surface area contributed by atoms with E-state index in [2.05, 4.69) is 27.6 Å². The molecule has 0 unspecified atom stereocenters. The van der Waals surface area contributed by atoms with Crippen molar-refractivity contribution in [2.45, 2.75) is 33.4 Å². The molecule has 0 amide bonds. The van der Waals surface area contributed by atoms with Crippen LogP contribution in [-0.4, -0.2) is 23.8 Å². The Kier molecular flexibility index (Phi) is 9.95. The van der Waals surface area contributed by atoms with E-state index in [1.807, 2.05) is 49.4 Å². The van der Waals surface area contributed by atoms with Crippen molar-refractivity contribution in [3.8, 4) is 11.5 Å². The van der Waals surface area contributed by atoms with Gasteiger partial charge in [-0.25, -0.2) is 9.79 Å². The summed E-state index contributed by atoms with van der Waals surface area (Å²) in [4.78, 5) is 32.2. The van der Waals surface area contributed by atoms with E-state index >= 15 is 0 Å². The first-order valence-corrected chi connectivity index (χ1v) is 16.1. The van der Waals surface area contributed by atoms with E-state index in [1.54, 1.807) is 38.1 Å². The standard InChI is InChI=1S/C32H27Cl2IN2O5S/c1-4-40-25-15-20(14-24(35)29(25)42-17-19-9-8-10-21(33)13-19)16-26-30(38)37-28(22-11-6-7-12-23(22)34)27(31(39)41-5-2)18(3)36-32(37)43-26/h6-16,28H,4-5,17H2,1-3H3/b26-16-/t28-/m0/s1. The molecule has 0 saturated heterocycles. The van der Waals surface area contributed by atoms with Crippen LogP contribution in [0, 0.1) is 3.57 Å². The number of aromatic nitrogens is 1. The van der Waals surface area contributed by atoms with Gasteiger partial charge in [0.05, 0.1) is 32.6 Å². The van der Waals surface area contributed by atoms with Gasteiger partial charge in [0.15, 0.2) is 16.3 Å². The summed E-state index contributed by atoms with van der Waals surface area (Å²) >= 11 is 16.2. The summed E-state index contributed by atoms with van der Waals surface area (Å²) < 4.78 is 20.2. The number of carbonyl (C=O) groups is 1. The zero-order valence-corrected chi connectivity index (χ0v) is 28.0. The number of benzene rings is 3. The highest BCUT2D eigenvalue weighted by Gasteiger charge is 2.34. The van der Waals surface area contributed by atoms with Gasteiger partial charge >= 0.3 is 5.97 Å². The van der Waals surface area contributed by atoms with Gasteiger partial charge in [-0.2, -0.15) is 0 Å². The number of ether oxygens (including phenoxy) is 3. The average Bonchev–Trinajstić information content (AvgIpc) is 3.26. The molecule has 0 spiro atoms. The van der Waals surface area contributed by atoms with Crippen LogP contribution in [0.4, 0.5) is 0 Å². The summed E-state index contributed by atoms with van der Waals surface area (Å²) in [6, 6.07) is 17.6. The second kappa shape index (κ2) is 13.7. The van der Waals surface area contributed by atoms with Crippen LogP contribution in [0.5, 0.6) is 11.5 Å². The molecule has 1 aromatic heterocycles. The molecule has 11 heteroatoms. The van der Waals surface area contributed by atoms with Crippen molar-refractivity contribution in [1.29, 1.82) is 0 Å². The van der Waals surface area contributed by atoms with Crippen molar-refractivity contribution in [1.82, 2.24) is 4.57 Å². The predicted molar refractivity (Wildman–Crippen MR) is 178 cm³/mol. The molecule has 1 aliphatic rings. The highest BCUT2D eigenvalue weighted by molar-refractivity contribution is 14.1. The summed E-state index contributed by atoms with van der Waals surface area (Å²) in [5, 5.41) is 1.07. The van der Waals surface area contributed by atoms with Gasteiger partial charge in [0.2, 0.25) is 0 Å². The van der Waals surface area contributed by atoms with E-state index in [0.717, 1.165) is 14.7 Å². The Balaban J connectivity index is 1.59. The number of thiazole rings is 1. The summed E-state index contributed by atoms with van der Waals surface area (Å²) in [5.41, 5.74) is 2.76. The summed E-state index contributed by atoms with van der Waals surface area (Å²) in [5.74, 6) is 0.631. The van der Waals surface area contributed by atoms with E-state index in [-0.39, 0.29) is 17.7 Å². The monoisotopic (exact) mass is 748 g/mol. The molecule has 2 heterocycles. The summed E-state index contributed by atoms with van der Waals surface area (Å²) in [6.45, 7) is 6.32. The maximum Gasteiger partial charge on any atom is 0.338 e. The molecule has 0 radical (unpaired) electrons. The minimum Gasteiger partial charge on any atom is -0.490 e. The first kappa shape index (κ1) is 31.3. The van der Waals surface area contributed by atoms with E-state index < -0.39 is 12.0 Å². The van der Waals surface area contributed by atoms with Crippen LogP contribution in [0.15, 0.2) is 81.7 Å². The SMILES string of the molecule is CCOC(=O)C1=C(C)N=c2s/c(=C\c3cc(I)c(OCc4cccc(Cl)c4)c(OCC)c3)c(=O)n2[C@H]1c1ccccc1Cl. The number of hydrogen-bond acceptors (Lipinski definition) is 7. The second-order valence-electron chi connectivity index (χ2n) is 9.51. The van der Waals surface area contributed by atoms with Crippen molar-refractivity contribution in [2.75, 3.05) is 13.2 Å². The normalized spacial score (nSPS) is 14.7. The Labute approximate surface area is 276 Å². The lowest BCUT2D eigenvalue weighted by Gasteiger charge is -2.25. The van der Waals surface area contributed by atoms with E-state index in [4.69, 9.17) is 37.4 Å². The molecule has 4 aromatic rings. The lowest BCUT2D eigenvalue weighted by molar-refractivity contribution is -0.139. The molecule has 7 nitrogen and oxygen atoms in total. The molecular weight excluding hydrogens is 722 g/mol. The van der Waals surface area contributed by atoms with Gasteiger partial charge < -0.3 is 14.2 Å². The topological polar surface area (TPSA) is 79.1 Å². The quantitative estimate of drug-likeness (QED) is 0.141. The van der Waals surface area contributed by atoms with Gasteiger partial charge in [0.25, 0.3) is 5.56 Å². The van der Waals surface area contributed by atoms with Crippen LogP contribution >= 0.6 is 57.1 Å². The number of allylic oxidation sites excluding steroid dienone is 1. The highest BCUT2D eigenvalue weighted by Crippen LogP contribution is 2.36. The van der Waals surface area contributed by atoms with E-state index in [0.29, 0.717) is 55.4 Å². The van der Waals surface area contributed by atoms with Gasteiger partial charge in [0, 0.05) is 10.0 Å². The smallest absolute Gasteiger partial charge is 0.338 e. The van der Waals surface area contributed by atoms with Crippen LogP contribution in [0.1, 0.15) is 43.5 Å². The van der Waals surface area contributed by atoms with Gasteiger partial charge in [-0.3, -0.25) is 9.36 Å². The third-order valence-electron chi connectivity index (χ3n) is 6.62. The number of esters is 1. The minimum absolute atomic E-state index is 0.189. The molecule has 0 saturated carbocycles. The largest absolute Gasteiger partial charge is 0.490 e. The zero-order chi connectivity index (χ0) is 30.7. The molecule has 43 heavy (non-hydrogen) atoms. The van der Waals surface area contributed by atoms with Crippen LogP contribution in [0.25, 0.3) is 6.08 Å². The van der Waals surface area contributed by atoms with Crippen molar-refractivity contribution in [3.63, 3.8) is 0 Å². The van der Waals surface area contributed by atoms with Gasteiger partial charge in [-0.05, 0) is 96.5 Å². The first-order chi connectivity index (χ1) is 20.7. The number of nitrogens with zero attached hydrogens (tertiary/aromatic N) is 2. The number of carbonyl (C=O) groups excluding carboxylic acids is 1. The van der Waals surface area contributed by atoms with Crippen molar-refractivity contribution in [2.24, 2.45) is 4.99 Å². The molecule has 5 rings (SSSR count). The zero-order valence-electron chi connectivity index (χ0n) is 23.5. The molecule has 1 aliphatic heterocycles. The molecular formula is C32H27Cl2IN2O5S. The molecule has 0 N–H and O–H groups in total. The minimum atomic E-state index is -0.785. The van der Waals surface area contributed by atoms with Crippen LogP contribution in [0.2, 0.25) is 10.0 Å². The molecule has 0 aliphatic carbocycles. The number of halogens is 3. The first-order valence-electron chi connectivity index (χ1n) is 13.5. The van der Waals surface area contributed by atoms with E-state index in [1.165, 1.54) is 15.9 Å². The molecule has 3 aromatic carbocycles. The summed E-state index contributed by atoms with van der Waals surface area (Å²) in [7, 11) is 0. The lowest BCUT2D eigenvalue weighted by atomic mass is 9.96. The van der Waals surface area contributed by atoms with Crippen molar-refractivity contribution in [3.05, 3.63) is 122 Å². The third kappa shape index (κ3) is 6.69. The third-order valence-corrected chi connectivity index (χ3v) is 8.98. The van der Waals surface area contributed by atoms with Gasteiger partial charge in [-0.1, -0.05) is 64.9 Å². The fourth-order valence-electron chi connectivity index (χ4n) is 4.79. The molecule has 0 fully saturated rings. The number of fused-ring (bicyclic) bond motifs is 1. The Bertz CT molecular complexity index is 1920. The average molecular weight is 749 g/mol. The Morgan fingerprint density at radius 1 is 1.07 bits per heavy atom. The van der Waals surface area contributed by atoms with Crippen LogP contribution in [0.3, 0.4) is 0 Å². The molecule has 1 atom stereocenters. The fraction of sp³-hybridized carbons (Fsp3) is 0.219. The van der Waals surface area contributed by atoms with Crippen LogP contribution < -0.4 is 24.4 Å². The summed E-state index contributed by atoms with van der Waals surface area (Å²) in [6.07, 6.45) is 1.79. The lowest BCUT2D eigenvalue weighted by Crippen LogP contribution is -2.40. The van der Waals surface area contributed by atoms with Gasteiger partial charge in [0.1, 0.15) is 12.6 Å². The van der Waals surface area contributed by atoms with Crippen LogP contribution in [-0.2, 0) is 16.1 Å². The van der Waals surface area contributed by atoms with E-state index in [9.17, 15) is 9.59 Å². The molecule has 0 bridgehead atoms.